The molecule has 0 fully saturated rings. The van der Waals surface area contributed by atoms with E-state index in [4.69, 9.17) is 5.11 Å². The summed E-state index contributed by atoms with van der Waals surface area (Å²) in [6.07, 6.45) is 3.72. The smallest absolute Gasteiger partial charge is 0.0609 e. The van der Waals surface area contributed by atoms with Crippen LogP contribution in [0.15, 0.2) is 0 Å². The van der Waals surface area contributed by atoms with Crippen LogP contribution in [0.1, 0.15) is 33.1 Å². The average Bonchev–Trinajstić information content (AvgIpc) is 2.12. The lowest BCUT2D eigenvalue weighted by Crippen LogP contribution is -2.44. The molecule has 0 aromatic rings. The van der Waals surface area contributed by atoms with Gasteiger partial charge in [0.1, 0.15) is 0 Å². The zero-order valence-electron chi connectivity index (χ0n) is 9.02. The highest BCUT2D eigenvalue weighted by molar-refractivity contribution is 9.09. The molecule has 0 aromatic heterocycles. The highest BCUT2D eigenvalue weighted by Gasteiger charge is 2.21. The van der Waals surface area contributed by atoms with Gasteiger partial charge in [-0.15, -0.1) is 0 Å². The van der Waals surface area contributed by atoms with Crippen molar-refractivity contribution >= 4 is 15.9 Å². The van der Waals surface area contributed by atoms with Crippen LogP contribution in [-0.2, 0) is 0 Å². The first kappa shape index (κ1) is 13.4. The van der Waals surface area contributed by atoms with Gasteiger partial charge in [0.25, 0.3) is 0 Å². The summed E-state index contributed by atoms with van der Waals surface area (Å²) >= 11 is 3.42. The van der Waals surface area contributed by atoms with Gasteiger partial charge in [0.2, 0.25) is 0 Å². The van der Waals surface area contributed by atoms with Crippen molar-refractivity contribution in [3.05, 3.63) is 0 Å². The molecule has 2 nitrogen and oxygen atoms in total. The summed E-state index contributed by atoms with van der Waals surface area (Å²) in [7, 11) is 2.07. The average molecular weight is 252 g/mol. The maximum Gasteiger partial charge on any atom is 0.0609 e. The summed E-state index contributed by atoms with van der Waals surface area (Å²) < 4.78 is 0. The Morgan fingerprint density at radius 3 is 2.31 bits per heavy atom. The minimum Gasteiger partial charge on any atom is -0.394 e. The van der Waals surface area contributed by atoms with Gasteiger partial charge >= 0.3 is 0 Å². The molecule has 0 radical (unpaired) electrons. The molecule has 0 atom stereocenters. The molecule has 0 saturated heterocycles. The third kappa shape index (κ3) is 5.66. The fraction of sp³-hybridized carbons (Fsp3) is 1.00. The van der Waals surface area contributed by atoms with E-state index >= 15 is 0 Å². The molecule has 0 rings (SSSR count). The topological polar surface area (TPSA) is 23.5 Å². The van der Waals surface area contributed by atoms with Crippen molar-refractivity contribution in [1.82, 2.24) is 4.90 Å². The normalized spacial score (nSPS) is 12.5. The van der Waals surface area contributed by atoms with Crippen molar-refractivity contribution in [3.8, 4) is 0 Å². The summed E-state index contributed by atoms with van der Waals surface area (Å²) in [5.74, 6) is 0. The zero-order valence-corrected chi connectivity index (χ0v) is 10.6. The van der Waals surface area contributed by atoms with Crippen LogP contribution >= 0.6 is 15.9 Å². The van der Waals surface area contributed by atoms with Gasteiger partial charge < -0.3 is 5.11 Å². The van der Waals surface area contributed by atoms with Crippen molar-refractivity contribution in [2.75, 3.05) is 25.5 Å². The Morgan fingerprint density at radius 1 is 1.23 bits per heavy atom. The second kappa shape index (κ2) is 6.80. The lowest BCUT2D eigenvalue weighted by molar-refractivity contribution is 0.0778. The van der Waals surface area contributed by atoms with Gasteiger partial charge in [-0.2, -0.15) is 0 Å². The number of hydrogen-bond acceptors (Lipinski definition) is 2. The van der Waals surface area contributed by atoms with E-state index in [0.717, 1.165) is 11.9 Å². The standard InChI is InChI=1S/C10H22BrNO/c1-10(2,9-13)12(3)8-6-4-5-7-11/h13H,4-9H2,1-3H3. The van der Waals surface area contributed by atoms with Crippen molar-refractivity contribution in [2.24, 2.45) is 0 Å². The molecule has 0 amide bonds. The molecule has 0 aliphatic carbocycles. The Morgan fingerprint density at radius 2 is 1.85 bits per heavy atom. The fourth-order valence-corrected chi connectivity index (χ4v) is 1.44. The van der Waals surface area contributed by atoms with Crippen LogP contribution in [0.3, 0.4) is 0 Å². The molecular formula is C10H22BrNO. The molecular weight excluding hydrogens is 230 g/mol. The number of unbranched alkanes of at least 4 members (excludes halogenated alkanes) is 2. The van der Waals surface area contributed by atoms with E-state index in [1.165, 1.54) is 19.3 Å². The molecule has 0 aliphatic heterocycles. The number of halogens is 1. The van der Waals surface area contributed by atoms with Crippen molar-refractivity contribution in [3.63, 3.8) is 0 Å². The third-order valence-electron chi connectivity index (χ3n) is 2.55. The number of rotatable bonds is 7. The van der Waals surface area contributed by atoms with Crippen molar-refractivity contribution in [1.29, 1.82) is 0 Å². The van der Waals surface area contributed by atoms with E-state index in [9.17, 15) is 0 Å². The molecule has 0 aliphatic rings. The Labute approximate surface area is 90.4 Å². The molecule has 13 heavy (non-hydrogen) atoms. The van der Waals surface area contributed by atoms with Gasteiger partial charge in [0, 0.05) is 10.9 Å². The molecule has 0 bridgehead atoms. The summed E-state index contributed by atoms with van der Waals surface area (Å²) in [4.78, 5) is 2.22. The van der Waals surface area contributed by atoms with E-state index in [1.54, 1.807) is 0 Å². The Bertz CT molecular complexity index is 128. The lowest BCUT2D eigenvalue weighted by atomic mass is 10.0. The van der Waals surface area contributed by atoms with Gasteiger partial charge in [-0.05, 0) is 40.3 Å². The van der Waals surface area contributed by atoms with E-state index in [-0.39, 0.29) is 12.1 Å². The van der Waals surface area contributed by atoms with Gasteiger partial charge in [-0.3, -0.25) is 4.90 Å². The summed E-state index contributed by atoms with van der Waals surface area (Å²) in [5, 5.41) is 10.2. The molecule has 0 heterocycles. The SMILES string of the molecule is CN(CCCCCBr)C(C)(C)CO. The Hall–Kier alpha value is 0.400. The Kier molecular flexibility index (Phi) is 7.00. The number of nitrogens with zero attached hydrogens (tertiary/aromatic N) is 1. The monoisotopic (exact) mass is 251 g/mol. The number of aliphatic hydroxyl groups excluding tert-OH is 1. The van der Waals surface area contributed by atoms with E-state index in [0.29, 0.717) is 0 Å². The molecule has 0 aromatic carbocycles. The first-order valence-electron chi connectivity index (χ1n) is 4.92. The Balaban J connectivity index is 3.55. The van der Waals surface area contributed by atoms with Crippen LogP contribution in [-0.4, -0.2) is 41.1 Å². The summed E-state index contributed by atoms with van der Waals surface area (Å²) in [6, 6.07) is 0. The van der Waals surface area contributed by atoms with Gasteiger partial charge in [-0.1, -0.05) is 22.4 Å². The largest absolute Gasteiger partial charge is 0.394 e. The molecule has 0 spiro atoms. The maximum atomic E-state index is 9.12. The molecule has 0 saturated carbocycles. The van der Waals surface area contributed by atoms with Gasteiger partial charge in [0.05, 0.1) is 6.61 Å². The fourth-order valence-electron chi connectivity index (χ4n) is 1.04. The number of alkyl halides is 1. The van der Waals surface area contributed by atoms with Gasteiger partial charge in [0.15, 0.2) is 0 Å². The predicted molar refractivity (Wildman–Crippen MR) is 61.4 cm³/mol. The van der Waals surface area contributed by atoms with Crippen molar-refractivity contribution in [2.45, 2.75) is 38.6 Å². The first-order valence-corrected chi connectivity index (χ1v) is 6.05. The summed E-state index contributed by atoms with van der Waals surface area (Å²) in [6.45, 7) is 5.43. The number of hydrogen-bond donors (Lipinski definition) is 1. The van der Waals surface area contributed by atoms with Gasteiger partial charge in [-0.25, -0.2) is 0 Å². The van der Waals surface area contributed by atoms with E-state index in [1.807, 2.05) is 0 Å². The minimum absolute atomic E-state index is 0.0750. The second-order valence-corrected chi connectivity index (χ2v) is 4.93. The molecule has 80 valence electrons. The van der Waals surface area contributed by atoms with E-state index in [2.05, 4.69) is 41.7 Å². The van der Waals surface area contributed by atoms with Crippen molar-refractivity contribution < 1.29 is 5.11 Å². The highest BCUT2D eigenvalue weighted by Crippen LogP contribution is 2.12. The van der Waals surface area contributed by atoms with Crippen LogP contribution in [0, 0.1) is 0 Å². The summed E-state index contributed by atoms with van der Waals surface area (Å²) in [5.41, 5.74) is -0.0750. The maximum absolute atomic E-state index is 9.12. The predicted octanol–water partition coefficient (Wildman–Crippen LogP) is 2.25. The van der Waals surface area contributed by atoms with Crippen LogP contribution in [0.25, 0.3) is 0 Å². The van der Waals surface area contributed by atoms with Crippen LogP contribution in [0.2, 0.25) is 0 Å². The second-order valence-electron chi connectivity index (χ2n) is 4.14. The quantitative estimate of drug-likeness (QED) is 0.555. The molecule has 1 N–H and O–H groups in total. The highest BCUT2D eigenvalue weighted by atomic mass is 79.9. The number of likely N-dealkylation sites (N-methyl/N-ethyl adjacent to an activating group) is 1. The molecule has 0 unspecified atom stereocenters. The third-order valence-corrected chi connectivity index (χ3v) is 3.11. The minimum atomic E-state index is -0.0750. The lowest BCUT2D eigenvalue weighted by Gasteiger charge is -2.33. The number of aliphatic hydroxyl groups is 1. The molecule has 3 heteroatoms. The van der Waals surface area contributed by atoms with Crippen LogP contribution in [0.5, 0.6) is 0 Å². The van der Waals surface area contributed by atoms with Crippen LogP contribution in [0.4, 0.5) is 0 Å². The first-order chi connectivity index (χ1) is 6.04. The zero-order chi connectivity index (χ0) is 10.3. The van der Waals surface area contributed by atoms with E-state index < -0.39 is 0 Å². The van der Waals surface area contributed by atoms with Crippen LogP contribution < -0.4 is 0 Å².